The normalized spacial score (nSPS) is 13.6. The Morgan fingerprint density at radius 1 is 1.07 bits per heavy atom. The molecule has 0 spiro atoms. The van der Waals surface area contributed by atoms with Crippen molar-refractivity contribution < 1.29 is 0 Å². The third kappa shape index (κ3) is 2.86. The maximum absolute atomic E-state index is 9.35. The van der Waals surface area contributed by atoms with Crippen molar-refractivity contribution in [3.05, 3.63) is 83.3 Å². The molecule has 0 unspecified atom stereocenters. The van der Waals surface area contributed by atoms with E-state index in [0.717, 1.165) is 34.7 Å². The number of pyridine rings is 1. The van der Waals surface area contributed by atoms with Gasteiger partial charge in [-0.2, -0.15) is 5.26 Å². The summed E-state index contributed by atoms with van der Waals surface area (Å²) in [5.41, 5.74) is 7.11. The van der Waals surface area contributed by atoms with Gasteiger partial charge in [-0.15, -0.1) is 0 Å². The van der Waals surface area contributed by atoms with E-state index in [4.69, 9.17) is 4.98 Å². The molecule has 1 aliphatic carbocycles. The van der Waals surface area contributed by atoms with Crippen molar-refractivity contribution in [2.75, 3.05) is 0 Å². The SMILES string of the molecule is Cc1ccnc2c1nc(C1CC1)n2Cc1ccc(-c2ccccc2C#N)cc1. The quantitative estimate of drug-likeness (QED) is 0.500. The van der Waals surface area contributed by atoms with E-state index in [0.29, 0.717) is 11.5 Å². The van der Waals surface area contributed by atoms with Crippen LogP contribution in [-0.4, -0.2) is 14.5 Å². The van der Waals surface area contributed by atoms with Crippen molar-refractivity contribution in [2.45, 2.75) is 32.2 Å². The fourth-order valence-electron chi connectivity index (χ4n) is 3.77. The molecule has 0 radical (unpaired) electrons. The molecule has 1 aliphatic rings. The van der Waals surface area contributed by atoms with Gasteiger partial charge in [-0.25, -0.2) is 9.97 Å². The topological polar surface area (TPSA) is 54.5 Å². The van der Waals surface area contributed by atoms with Crippen molar-refractivity contribution in [3.8, 4) is 17.2 Å². The molecule has 5 rings (SSSR count). The number of benzene rings is 2. The minimum Gasteiger partial charge on any atom is -0.308 e. The lowest BCUT2D eigenvalue weighted by atomic mass is 9.99. The Labute approximate surface area is 164 Å². The molecule has 0 aliphatic heterocycles. The van der Waals surface area contributed by atoms with Gasteiger partial charge in [0.2, 0.25) is 0 Å². The smallest absolute Gasteiger partial charge is 0.160 e. The first-order valence-electron chi connectivity index (χ1n) is 9.65. The predicted molar refractivity (Wildman–Crippen MR) is 110 cm³/mol. The molecule has 0 saturated heterocycles. The van der Waals surface area contributed by atoms with Crippen LogP contribution in [0.25, 0.3) is 22.3 Å². The number of hydrogen-bond acceptors (Lipinski definition) is 3. The first-order valence-corrected chi connectivity index (χ1v) is 9.65. The van der Waals surface area contributed by atoms with E-state index >= 15 is 0 Å². The number of aryl methyl sites for hydroxylation is 1. The summed E-state index contributed by atoms with van der Waals surface area (Å²) in [5, 5.41) is 9.35. The van der Waals surface area contributed by atoms with Crippen LogP contribution in [-0.2, 0) is 6.54 Å². The molecule has 2 heterocycles. The zero-order chi connectivity index (χ0) is 19.1. The van der Waals surface area contributed by atoms with Gasteiger partial charge in [-0.05, 0) is 54.2 Å². The van der Waals surface area contributed by atoms with Crippen LogP contribution in [0.2, 0.25) is 0 Å². The van der Waals surface area contributed by atoms with Gasteiger partial charge in [-0.1, -0.05) is 42.5 Å². The summed E-state index contributed by atoms with van der Waals surface area (Å²) in [5.74, 6) is 1.73. The van der Waals surface area contributed by atoms with Gasteiger partial charge in [0.05, 0.1) is 18.2 Å². The summed E-state index contributed by atoms with van der Waals surface area (Å²) in [7, 11) is 0. The number of imidazole rings is 1. The number of nitrogens with zero attached hydrogens (tertiary/aromatic N) is 4. The largest absolute Gasteiger partial charge is 0.308 e. The summed E-state index contributed by atoms with van der Waals surface area (Å²) in [6, 6.07) is 20.5. The number of nitriles is 1. The molecular weight excluding hydrogens is 344 g/mol. The number of hydrogen-bond donors (Lipinski definition) is 0. The lowest BCUT2D eigenvalue weighted by molar-refractivity contribution is 0.740. The highest BCUT2D eigenvalue weighted by atomic mass is 15.1. The Morgan fingerprint density at radius 3 is 2.61 bits per heavy atom. The summed E-state index contributed by atoms with van der Waals surface area (Å²) < 4.78 is 2.28. The standard InChI is InChI=1S/C24H20N4/c1-16-12-13-26-24-22(16)27-23(19-10-11-19)28(24)15-17-6-8-18(9-7-17)21-5-3-2-4-20(21)14-25/h2-9,12-13,19H,10-11,15H2,1H3. The number of rotatable bonds is 4. The van der Waals surface area contributed by atoms with Gasteiger partial charge >= 0.3 is 0 Å². The van der Waals surface area contributed by atoms with Crippen LogP contribution in [0, 0.1) is 18.3 Å². The number of fused-ring (bicyclic) bond motifs is 1. The van der Waals surface area contributed by atoms with Gasteiger partial charge in [-0.3, -0.25) is 0 Å². The minimum atomic E-state index is 0.565. The van der Waals surface area contributed by atoms with Crippen molar-refractivity contribution in [1.29, 1.82) is 5.26 Å². The highest BCUT2D eigenvalue weighted by Crippen LogP contribution is 2.41. The molecule has 136 valence electrons. The lowest BCUT2D eigenvalue weighted by Gasteiger charge is -2.10. The molecule has 28 heavy (non-hydrogen) atoms. The first-order chi connectivity index (χ1) is 13.7. The van der Waals surface area contributed by atoms with Crippen LogP contribution in [0.4, 0.5) is 0 Å². The molecule has 0 atom stereocenters. The molecule has 1 saturated carbocycles. The summed E-state index contributed by atoms with van der Waals surface area (Å²) in [6.45, 7) is 2.86. The van der Waals surface area contributed by atoms with Crippen LogP contribution < -0.4 is 0 Å². The van der Waals surface area contributed by atoms with Gasteiger partial charge < -0.3 is 4.57 Å². The van der Waals surface area contributed by atoms with Crippen molar-refractivity contribution in [3.63, 3.8) is 0 Å². The van der Waals surface area contributed by atoms with E-state index in [9.17, 15) is 5.26 Å². The highest BCUT2D eigenvalue weighted by molar-refractivity contribution is 5.76. The Balaban J connectivity index is 1.51. The second-order valence-corrected chi connectivity index (χ2v) is 7.48. The van der Waals surface area contributed by atoms with E-state index in [2.05, 4.69) is 46.8 Å². The molecule has 2 aromatic heterocycles. The van der Waals surface area contributed by atoms with Crippen molar-refractivity contribution in [2.24, 2.45) is 0 Å². The van der Waals surface area contributed by atoms with Crippen molar-refractivity contribution in [1.82, 2.24) is 14.5 Å². The molecule has 0 N–H and O–H groups in total. The maximum Gasteiger partial charge on any atom is 0.160 e. The second-order valence-electron chi connectivity index (χ2n) is 7.48. The van der Waals surface area contributed by atoms with Crippen molar-refractivity contribution >= 4 is 11.2 Å². The Kier molecular flexibility index (Phi) is 3.95. The predicted octanol–water partition coefficient (Wildman–Crippen LogP) is 5.20. The zero-order valence-corrected chi connectivity index (χ0v) is 15.8. The summed E-state index contributed by atoms with van der Waals surface area (Å²) in [6.07, 6.45) is 4.30. The van der Waals surface area contributed by atoms with E-state index in [1.165, 1.54) is 24.0 Å². The Morgan fingerprint density at radius 2 is 1.86 bits per heavy atom. The molecule has 0 bridgehead atoms. The molecule has 2 aromatic carbocycles. The van der Waals surface area contributed by atoms with Gasteiger partial charge in [0.1, 0.15) is 11.3 Å². The first kappa shape index (κ1) is 16.7. The van der Waals surface area contributed by atoms with Gasteiger partial charge in [0.15, 0.2) is 5.65 Å². The summed E-state index contributed by atoms with van der Waals surface area (Å²) in [4.78, 5) is 9.54. The molecule has 4 heteroatoms. The fourth-order valence-corrected chi connectivity index (χ4v) is 3.77. The third-order valence-electron chi connectivity index (χ3n) is 5.46. The fraction of sp³-hybridized carbons (Fsp3) is 0.208. The summed E-state index contributed by atoms with van der Waals surface area (Å²) >= 11 is 0. The molecule has 4 nitrogen and oxygen atoms in total. The third-order valence-corrected chi connectivity index (χ3v) is 5.46. The monoisotopic (exact) mass is 364 g/mol. The average molecular weight is 364 g/mol. The molecule has 0 amide bonds. The van der Waals surface area contributed by atoms with E-state index < -0.39 is 0 Å². The maximum atomic E-state index is 9.35. The van der Waals surface area contributed by atoms with E-state index in [1.54, 1.807) is 0 Å². The Bertz CT molecular complexity index is 1210. The van der Waals surface area contributed by atoms with Gasteiger partial charge in [0.25, 0.3) is 0 Å². The Hall–Kier alpha value is -3.45. The molecule has 1 fully saturated rings. The van der Waals surface area contributed by atoms with Crippen LogP contribution >= 0.6 is 0 Å². The second kappa shape index (κ2) is 6.61. The van der Waals surface area contributed by atoms with Crippen LogP contribution in [0.5, 0.6) is 0 Å². The minimum absolute atomic E-state index is 0.565. The average Bonchev–Trinajstić information content (AvgIpc) is 3.51. The van der Waals surface area contributed by atoms with Crippen LogP contribution in [0.3, 0.4) is 0 Å². The molecular formula is C24H20N4. The zero-order valence-electron chi connectivity index (χ0n) is 15.8. The van der Waals surface area contributed by atoms with E-state index in [-0.39, 0.29) is 0 Å². The van der Waals surface area contributed by atoms with E-state index in [1.807, 2.05) is 36.5 Å². The molecule has 4 aromatic rings. The lowest BCUT2D eigenvalue weighted by Crippen LogP contribution is -2.05. The van der Waals surface area contributed by atoms with Crippen LogP contribution in [0.15, 0.2) is 60.8 Å². The number of aromatic nitrogens is 3. The van der Waals surface area contributed by atoms with Crippen LogP contribution in [0.1, 0.15) is 41.3 Å². The van der Waals surface area contributed by atoms with Gasteiger partial charge in [0, 0.05) is 12.1 Å². The highest BCUT2D eigenvalue weighted by Gasteiger charge is 2.30.